The second-order valence-corrected chi connectivity index (χ2v) is 5.70. The summed E-state index contributed by atoms with van der Waals surface area (Å²) in [6, 6.07) is 14.4. The van der Waals surface area contributed by atoms with E-state index in [2.05, 4.69) is 10.6 Å². The van der Waals surface area contributed by atoms with Crippen molar-refractivity contribution in [3.8, 4) is 0 Å². The van der Waals surface area contributed by atoms with Crippen molar-refractivity contribution in [1.82, 2.24) is 0 Å². The molecule has 7 heteroatoms. The Hall–Kier alpha value is -2.41. The fourth-order valence-corrected chi connectivity index (χ4v) is 2.29. The molecule has 26 heavy (non-hydrogen) atoms. The molecule has 2 aromatic carbocycles. The molecule has 6 nitrogen and oxygen atoms in total. The molecule has 0 radical (unpaired) electrons. The van der Waals surface area contributed by atoms with Gasteiger partial charge in [-0.25, -0.2) is 0 Å². The minimum Gasteiger partial charge on any atom is -0.380 e. The van der Waals surface area contributed by atoms with E-state index in [1.165, 1.54) is 7.11 Å². The average Bonchev–Trinajstić information content (AvgIpc) is 2.62. The monoisotopic (exact) mass is 377 g/mol. The zero-order valence-corrected chi connectivity index (χ0v) is 15.6. The zero-order chi connectivity index (χ0) is 18.2. The summed E-state index contributed by atoms with van der Waals surface area (Å²) in [7, 11) is 1.52. The summed E-state index contributed by atoms with van der Waals surface area (Å²) in [5.74, 6) is -0.445. The Morgan fingerprint density at radius 1 is 1.12 bits per heavy atom. The number of carbonyl (C=O) groups is 2. The van der Waals surface area contributed by atoms with Gasteiger partial charge >= 0.3 is 0 Å². The van der Waals surface area contributed by atoms with Crippen molar-refractivity contribution in [2.24, 2.45) is 5.73 Å². The van der Waals surface area contributed by atoms with Gasteiger partial charge in [-0.1, -0.05) is 24.3 Å². The van der Waals surface area contributed by atoms with Crippen LogP contribution >= 0.6 is 12.4 Å². The van der Waals surface area contributed by atoms with Gasteiger partial charge in [-0.05, 0) is 36.8 Å². The molecule has 1 atom stereocenters. The van der Waals surface area contributed by atoms with E-state index >= 15 is 0 Å². The van der Waals surface area contributed by atoms with Gasteiger partial charge in [0, 0.05) is 30.6 Å². The minimum atomic E-state index is -0.329. The van der Waals surface area contributed by atoms with E-state index in [0.29, 0.717) is 16.9 Å². The van der Waals surface area contributed by atoms with E-state index in [1.54, 1.807) is 18.2 Å². The smallest absolute Gasteiger partial charge is 0.255 e. The number of hydrogen-bond acceptors (Lipinski definition) is 4. The number of rotatable bonds is 7. The molecule has 0 saturated carbocycles. The third kappa shape index (κ3) is 6.15. The summed E-state index contributed by atoms with van der Waals surface area (Å²) < 4.78 is 5.12. The van der Waals surface area contributed by atoms with Crippen LogP contribution in [0.4, 0.5) is 11.4 Å². The number of carbonyl (C=O) groups excluding carboxylic acids is 2. The quantitative estimate of drug-likeness (QED) is 0.691. The Balaban J connectivity index is 0.00000338. The molecular weight excluding hydrogens is 354 g/mol. The van der Waals surface area contributed by atoms with Crippen LogP contribution in [0.3, 0.4) is 0 Å². The molecule has 2 amide bonds. The summed E-state index contributed by atoms with van der Waals surface area (Å²) in [5, 5.41) is 5.63. The van der Waals surface area contributed by atoms with Crippen LogP contribution in [-0.2, 0) is 9.53 Å². The minimum absolute atomic E-state index is 0. The van der Waals surface area contributed by atoms with E-state index < -0.39 is 0 Å². The second kappa shape index (κ2) is 10.6. The molecule has 0 spiro atoms. The fourth-order valence-electron chi connectivity index (χ4n) is 2.29. The Bertz CT molecular complexity index is 734. The topological polar surface area (TPSA) is 93.4 Å². The highest BCUT2D eigenvalue weighted by Crippen LogP contribution is 2.19. The number of aryl methyl sites for hydroxylation is 1. The maximum atomic E-state index is 12.4. The van der Waals surface area contributed by atoms with E-state index in [0.717, 1.165) is 5.56 Å². The van der Waals surface area contributed by atoms with Crippen LogP contribution in [0.2, 0.25) is 0 Å². The predicted octanol–water partition coefficient (Wildman–Crippen LogP) is 2.97. The summed E-state index contributed by atoms with van der Waals surface area (Å²) in [4.78, 5) is 24.5. The molecule has 0 fully saturated rings. The highest BCUT2D eigenvalue weighted by atomic mass is 35.5. The maximum absolute atomic E-state index is 12.4. The molecule has 0 saturated heterocycles. The van der Waals surface area contributed by atoms with Crippen molar-refractivity contribution in [3.05, 3.63) is 59.7 Å². The Morgan fingerprint density at radius 3 is 2.42 bits per heavy atom. The lowest BCUT2D eigenvalue weighted by molar-refractivity contribution is -0.118. The van der Waals surface area contributed by atoms with Crippen molar-refractivity contribution in [1.29, 1.82) is 0 Å². The number of ether oxygens (including phenoxy) is 1. The summed E-state index contributed by atoms with van der Waals surface area (Å²) in [6.45, 7) is 2.13. The van der Waals surface area contributed by atoms with Gasteiger partial charge in [0.1, 0.15) is 0 Å². The second-order valence-electron chi connectivity index (χ2n) is 5.70. The van der Waals surface area contributed by atoms with Crippen LogP contribution in [0, 0.1) is 6.92 Å². The van der Waals surface area contributed by atoms with Gasteiger partial charge in [0.15, 0.2) is 0 Å². The Kier molecular flexibility index (Phi) is 8.78. The number of amides is 2. The van der Waals surface area contributed by atoms with Gasteiger partial charge in [-0.15, -0.1) is 12.4 Å². The molecule has 0 bridgehead atoms. The van der Waals surface area contributed by atoms with E-state index in [1.807, 2.05) is 37.3 Å². The first-order valence-corrected chi connectivity index (χ1v) is 8.03. The number of nitrogens with one attached hydrogen (secondary N) is 2. The van der Waals surface area contributed by atoms with E-state index in [-0.39, 0.29) is 43.3 Å². The van der Waals surface area contributed by atoms with Gasteiger partial charge in [0.05, 0.1) is 12.5 Å². The first-order chi connectivity index (χ1) is 12.0. The Labute approximate surface area is 159 Å². The molecule has 0 aromatic heterocycles. The lowest BCUT2D eigenvalue weighted by Gasteiger charge is -2.14. The van der Waals surface area contributed by atoms with Crippen LogP contribution in [0.15, 0.2) is 48.5 Å². The number of para-hydroxylation sites is 1. The van der Waals surface area contributed by atoms with E-state index in [9.17, 15) is 9.59 Å². The van der Waals surface area contributed by atoms with Crippen LogP contribution in [-0.4, -0.2) is 31.6 Å². The molecule has 0 heterocycles. The van der Waals surface area contributed by atoms with E-state index in [4.69, 9.17) is 10.5 Å². The van der Waals surface area contributed by atoms with Gasteiger partial charge in [-0.2, -0.15) is 0 Å². The standard InChI is InChI=1S/C19H23N3O3.ClH/c1-13-8-9-14(19(24)21-15-6-4-3-5-7-15)10-17(13)22-18(23)11-16(12-20)25-2;/h3-10,16H,11-12,20H2,1-2H3,(H,21,24)(H,22,23);1H. The molecule has 4 N–H and O–H groups in total. The van der Waals surface area contributed by atoms with Gasteiger partial charge in [-0.3, -0.25) is 9.59 Å². The molecule has 1 unspecified atom stereocenters. The number of anilines is 2. The van der Waals surface area contributed by atoms with Gasteiger partial charge in [0.25, 0.3) is 5.91 Å². The SMILES string of the molecule is COC(CN)CC(=O)Nc1cc(C(=O)Nc2ccccc2)ccc1C.Cl. The summed E-state index contributed by atoms with van der Waals surface area (Å²) in [6.07, 6.45) is -0.169. The molecular formula is C19H24ClN3O3. The molecule has 0 aliphatic carbocycles. The molecule has 2 rings (SSSR count). The van der Waals surface area contributed by atoms with Crippen LogP contribution in [0.25, 0.3) is 0 Å². The summed E-state index contributed by atoms with van der Waals surface area (Å²) in [5.41, 5.74) is 8.17. The first kappa shape index (κ1) is 21.6. The first-order valence-electron chi connectivity index (χ1n) is 8.03. The Morgan fingerprint density at radius 2 is 1.81 bits per heavy atom. The highest BCUT2D eigenvalue weighted by molar-refractivity contribution is 6.05. The third-order valence-corrected chi connectivity index (χ3v) is 3.81. The number of benzene rings is 2. The average molecular weight is 378 g/mol. The highest BCUT2D eigenvalue weighted by Gasteiger charge is 2.14. The van der Waals surface area contributed by atoms with Crippen LogP contribution in [0.1, 0.15) is 22.3 Å². The fraction of sp³-hybridized carbons (Fsp3) is 0.263. The zero-order valence-electron chi connectivity index (χ0n) is 14.8. The van der Waals surface area contributed by atoms with Crippen LogP contribution < -0.4 is 16.4 Å². The van der Waals surface area contributed by atoms with Gasteiger partial charge < -0.3 is 21.1 Å². The molecule has 0 aliphatic heterocycles. The largest absolute Gasteiger partial charge is 0.380 e. The van der Waals surface area contributed by atoms with Crippen molar-refractivity contribution < 1.29 is 14.3 Å². The maximum Gasteiger partial charge on any atom is 0.255 e. The molecule has 2 aromatic rings. The molecule has 0 aliphatic rings. The van der Waals surface area contributed by atoms with Crippen molar-refractivity contribution in [2.45, 2.75) is 19.4 Å². The normalized spacial score (nSPS) is 11.2. The van der Waals surface area contributed by atoms with Crippen molar-refractivity contribution in [3.63, 3.8) is 0 Å². The number of hydrogen-bond donors (Lipinski definition) is 3. The lowest BCUT2D eigenvalue weighted by Crippen LogP contribution is -2.28. The third-order valence-electron chi connectivity index (χ3n) is 3.81. The number of methoxy groups -OCH3 is 1. The number of nitrogens with two attached hydrogens (primary N) is 1. The molecule has 140 valence electrons. The van der Waals surface area contributed by atoms with Gasteiger partial charge in [0.2, 0.25) is 5.91 Å². The predicted molar refractivity (Wildman–Crippen MR) is 106 cm³/mol. The summed E-state index contributed by atoms with van der Waals surface area (Å²) >= 11 is 0. The van der Waals surface area contributed by atoms with Crippen molar-refractivity contribution in [2.75, 3.05) is 24.3 Å². The lowest BCUT2D eigenvalue weighted by atomic mass is 10.1. The number of halogens is 1. The van der Waals surface area contributed by atoms with Crippen molar-refractivity contribution >= 4 is 35.6 Å². The van der Waals surface area contributed by atoms with Crippen LogP contribution in [0.5, 0.6) is 0 Å².